The molecule has 7 heteroatoms. The number of amides is 1. The molecule has 4 aromatic rings. The van der Waals surface area contributed by atoms with E-state index in [1.807, 2.05) is 22.8 Å². The number of rotatable bonds is 3. The molecule has 140 valence electrons. The van der Waals surface area contributed by atoms with Crippen molar-refractivity contribution in [2.45, 2.75) is 13.8 Å². The van der Waals surface area contributed by atoms with Crippen LogP contribution in [-0.4, -0.2) is 30.7 Å². The van der Waals surface area contributed by atoms with Gasteiger partial charge in [-0.05, 0) is 55.0 Å². The molecule has 0 saturated carbocycles. The average molecular weight is 374 g/mol. The summed E-state index contributed by atoms with van der Waals surface area (Å²) >= 11 is 0. The van der Waals surface area contributed by atoms with Crippen molar-refractivity contribution in [2.24, 2.45) is 0 Å². The van der Waals surface area contributed by atoms with Crippen molar-refractivity contribution >= 4 is 22.8 Å². The molecule has 2 aromatic carbocycles. The topological polar surface area (TPSA) is 100 Å². The number of carbonyl (C=O) groups excluding carboxylic acids is 1. The molecule has 0 unspecified atom stereocenters. The number of fused-ring (bicyclic) bond motifs is 1. The average Bonchev–Trinajstić information content (AvgIpc) is 3.04. The zero-order chi connectivity index (χ0) is 19.8. The minimum absolute atomic E-state index is 0.0155. The molecule has 0 aliphatic rings. The zero-order valence-electron chi connectivity index (χ0n) is 15.3. The molecule has 4 rings (SSSR count). The van der Waals surface area contributed by atoms with E-state index in [0.717, 1.165) is 5.69 Å². The van der Waals surface area contributed by atoms with Gasteiger partial charge in [-0.25, -0.2) is 9.97 Å². The molecule has 2 heterocycles. The second-order valence-electron chi connectivity index (χ2n) is 6.50. The monoisotopic (exact) mass is 374 g/mol. The summed E-state index contributed by atoms with van der Waals surface area (Å²) in [5.41, 5.74) is 3.87. The zero-order valence-corrected chi connectivity index (χ0v) is 15.3. The number of nitrogens with zero attached hydrogens (tertiary/aromatic N) is 3. The van der Waals surface area contributed by atoms with E-state index < -0.39 is 0 Å². The SMILES string of the molecule is CC(=O)Nc1ccc(-n2c(-c3cc(C)c(O)cc3O)nc3cccnc32)cc1. The summed E-state index contributed by atoms with van der Waals surface area (Å²) in [5, 5.41) is 23.0. The summed E-state index contributed by atoms with van der Waals surface area (Å²) in [6.45, 7) is 3.21. The largest absolute Gasteiger partial charge is 0.508 e. The minimum atomic E-state index is -0.146. The predicted octanol–water partition coefficient (Wildman–Crippen LogP) is 3.77. The number of hydrogen-bond donors (Lipinski definition) is 3. The van der Waals surface area contributed by atoms with Gasteiger partial charge in [-0.15, -0.1) is 0 Å². The van der Waals surface area contributed by atoms with E-state index in [2.05, 4.69) is 15.3 Å². The maximum Gasteiger partial charge on any atom is 0.221 e. The number of phenols is 2. The molecule has 0 aliphatic heterocycles. The van der Waals surface area contributed by atoms with Crippen LogP contribution in [-0.2, 0) is 4.79 Å². The number of pyridine rings is 1. The molecular weight excluding hydrogens is 356 g/mol. The molecule has 0 aliphatic carbocycles. The summed E-state index contributed by atoms with van der Waals surface area (Å²) in [6.07, 6.45) is 1.68. The molecule has 0 spiro atoms. The highest BCUT2D eigenvalue weighted by Crippen LogP contribution is 2.36. The Bertz CT molecular complexity index is 1200. The van der Waals surface area contributed by atoms with E-state index >= 15 is 0 Å². The highest BCUT2D eigenvalue weighted by Gasteiger charge is 2.19. The molecule has 0 bridgehead atoms. The normalized spacial score (nSPS) is 10.9. The summed E-state index contributed by atoms with van der Waals surface area (Å²) in [7, 11) is 0. The number of aromatic hydroxyl groups is 2. The van der Waals surface area contributed by atoms with Crippen LogP contribution in [0.4, 0.5) is 5.69 Å². The van der Waals surface area contributed by atoms with Crippen LogP contribution in [0.2, 0.25) is 0 Å². The van der Waals surface area contributed by atoms with Crippen LogP contribution >= 0.6 is 0 Å². The Hall–Kier alpha value is -3.87. The first-order chi connectivity index (χ1) is 13.4. The van der Waals surface area contributed by atoms with Crippen molar-refractivity contribution in [2.75, 3.05) is 5.32 Å². The third-order valence-corrected chi connectivity index (χ3v) is 4.42. The molecule has 0 radical (unpaired) electrons. The van der Waals surface area contributed by atoms with Gasteiger partial charge in [0, 0.05) is 30.6 Å². The number of carbonyl (C=O) groups is 1. The van der Waals surface area contributed by atoms with Crippen LogP contribution in [0.25, 0.3) is 28.2 Å². The third-order valence-electron chi connectivity index (χ3n) is 4.42. The lowest BCUT2D eigenvalue weighted by Crippen LogP contribution is -2.06. The Morgan fingerprint density at radius 2 is 1.82 bits per heavy atom. The Labute approximate surface area is 160 Å². The van der Waals surface area contributed by atoms with E-state index in [-0.39, 0.29) is 17.4 Å². The van der Waals surface area contributed by atoms with Gasteiger partial charge < -0.3 is 15.5 Å². The Balaban J connectivity index is 1.94. The summed E-state index contributed by atoms with van der Waals surface area (Å²) in [5.74, 6) is 0.297. The third kappa shape index (κ3) is 3.03. The minimum Gasteiger partial charge on any atom is -0.508 e. The van der Waals surface area contributed by atoms with Gasteiger partial charge in [0.25, 0.3) is 0 Å². The molecule has 28 heavy (non-hydrogen) atoms. The van der Waals surface area contributed by atoms with Crippen LogP contribution in [0.5, 0.6) is 11.5 Å². The van der Waals surface area contributed by atoms with Crippen molar-refractivity contribution in [1.82, 2.24) is 14.5 Å². The molecule has 0 saturated heterocycles. The number of benzene rings is 2. The number of imidazole rings is 1. The Kier molecular flexibility index (Phi) is 4.19. The number of anilines is 1. The fourth-order valence-electron chi connectivity index (χ4n) is 3.10. The quantitative estimate of drug-likeness (QED) is 0.507. The van der Waals surface area contributed by atoms with Gasteiger partial charge in [-0.3, -0.25) is 9.36 Å². The highest BCUT2D eigenvalue weighted by molar-refractivity contribution is 5.89. The lowest BCUT2D eigenvalue weighted by molar-refractivity contribution is -0.114. The number of aromatic nitrogens is 3. The molecule has 0 fully saturated rings. The van der Waals surface area contributed by atoms with Gasteiger partial charge in [-0.1, -0.05) is 0 Å². The van der Waals surface area contributed by atoms with Gasteiger partial charge in [0.15, 0.2) is 11.5 Å². The standard InChI is InChI=1S/C21H18N4O3/c1-12-10-16(19(28)11-18(12)27)20-24-17-4-3-9-22-21(17)25(20)15-7-5-14(6-8-15)23-13(2)26/h3-11,27-28H,1-2H3,(H,23,26). The van der Waals surface area contributed by atoms with Gasteiger partial charge in [0.1, 0.15) is 17.0 Å². The fraction of sp³-hybridized carbons (Fsp3) is 0.0952. The van der Waals surface area contributed by atoms with Crippen molar-refractivity contribution in [3.8, 4) is 28.6 Å². The fourth-order valence-corrected chi connectivity index (χ4v) is 3.10. The Morgan fingerprint density at radius 3 is 2.54 bits per heavy atom. The molecule has 1 amide bonds. The first kappa shape index (κ1) is 17.5. The van der Waals surface area contributed by atoms with E-state index in [4.69, 9.17) is 0 Å². The maximum absolute atomic E-state index is 11.3. The molecule has 3 N–H and O–H groups in total. The first-order valence-electron chi connectivity index (χ1n) is 8.68. The predicted molar refractivity (Wildman–Crippen MR) is 107 cm³/mol. The Morgan fingerprint density at radius 1 is 1.07 bits per heavy atom. The van der Waals surface area contributed by atoms with Gasteiger partial charge in [-0.2, -0.15) is 0 Å². The van der Waals surface area contributed by atoms with E-state index in [1.165, 1.54) is 13.0 Å². The van der Waals surface area contributed by atoms with Gasteiger partial charge >= 0.3 is 0 Å². The number of nitrogens with one attached hydrogen (secondary N) is 1. The van der Waals surface area contributed by atoms with E-state index in [1.54, 1.807) is 37.4 Å². The molecular formula is C21H18N4O3. The number of phenolic OH excluding ortho intramolecular Hbond substituents is 2. The number of aryl methyl sites for hydroxylation is 1. The summed E-state index contributed by atoms with van der Waals surface area (Å²) in [6, 6.07) is 13.9. The van der Waals surface area contributed by atoms with Crippen LogP contribution < -0.4 is 5.32 Å². The van der Waals surface area contributed by atoms with Crippen molar-refractivity contribution in [1.29, 1.82) is 0 Å². The maximum atomic E-state index is 11.3. The van der Waals surface area contributed by atoms with E-state index in [9.17, 15) is 15.0 Å². The lowest BCUT2D eigenvalue weighted by atomic mass is 10.1. The lowest BCUT2D eigenvalue weighted by Gasteiger charge is -2.12. The second-order valence-corrected chi connectivity index (χ2v) is 6.50. The van der Waals surface area contributed by atoms with Crippen LogP contribution in [0.1, 0.15) is 12.5 Å². The number of hydrogen-bond acceptors (Lipinski definition) is 5. The van der Waals surface area contributed by atoms with Crippen molar-refractivity contribution < 1.29 is 15.0 Å². The highest BCUT2D eigenvalue weighted by atomic mass is 16.3. The molecule has 7 nitrogen and oxygen atoms in total. The van der Waals surface area contributed by atoms with Crippen LogP contribution in [0.3, 0.4) is 0 Å². The smallest absolute Gasteiger partial charge is 0.221 e. The second kappa shape index (κ2) is 6.70. The summed E-state index contributed by atoms with van der Waals surface area (Å²) < 4.78 is 1.83. The summed E-state index contributed by atoms with van der Waals surface area (Å²) in [4.78, 5) is 20.3. The van der Waals surface area contributed by atoms with Gasteiger partial charge in [0.05, 0.1) is 5.56 Å². The first-order valence-corrected chi connectivity index (χ1v) is 8.68. The van der Waals surface area contributed by atoms with Crippen LogP contribution in [0.15, 0.2) is 54.7 Å². The van der Waals surface area contributed by atoms with E-state index in [0.29, 0.717) is 33.8 Å². The van der Waals surface area contributed by atoms with Crippen molar-refractivity contribution in [3.63, 3.8) is 0 Å². The molecule has 2 aromatic heterocycles. The van der Waals surface area contributed by atoms with Gasteiger partial charge in [0.2, 0.25) is 5.91 Å². The van der Waals surface area contributed by atoms with Crippen molar-refractivity contribution in [3.05, 3.63) is 60.3 Å². The molecule has 0 atom stereocenters. The van der Waals surface area contributed by atoms with Crippen LogP contribution in [0, 0.1) is 6.92 Å².